The van der Waals surface area contributed by atoms with E-state index < -0.39 is 0 Å². The molecule has 1 unspecified atom stereocenters. The molecule has 2 aliphatic rings. The van der Waals surface area contributed by atoms with Crippen LogP contribution in [0.2, 0.25) is 0 Å². The van der Waals surface area contributed by atoms with Crippen LogP contribution in [-0.4, -0.2) is 29.3 Å². The van der Waals surface area contributed by atoms with Gasteiger partial charge < -0.3 is 10.2 Å². The van der Waals surface area contributed by atoms with Crippen molar-refractivity contribution in [1.29, 1.82) is 0 Å². The Morgan fingerprint density at radius 2 is 1.57 bits per heavy atom. The number of hydrogen-bond acceptors (Lipinski definition) is 2. The number of carbonyl (C=O) groups excluding carboxylic acids is 2. The molecule has 2 aromatic rings. The van der Waals surface area contributed by atoms with Gasteiger partial charge in [0.15, 0.2) is 0 Å². The first-order valence-corrected chi connectivity index (χ1v) is 10.2. The highest BCUT2D eigenvalue weighted by Gasteiger charge is 2.56. The maximum absolute atomic E-state index is 13.2. The number of amides is 2. The summed E-state index contributed by atoms with van der Waals surface area (Å²) in [7, 11) is 0. The van der Waals surface area contributed by atoms with Crippen molar-refractivity contribution in [2.45, 2.75) is 45.2 Å². The predicted octanol–water partition coefficient (Wildman–Crippen LogP) is 3.88. The fraction of sp³-hybridized carbons (Fsp3) is 0.417. The first-order valence-electron chi connectivity index (χ1n) is 10.2. The number of likely N-dealkylation sites (tertiary alicyclic amines) is 1. The minimum Gasteiger partial charge on any atom is -0.343 e. The van der Waals surface area contributed by atoms with E-state index in [-0.39, 0.29) is 23.9 Å². The summed E-state index contributed by atoms with van der Waals surface area (Å²) >= 11 is 0. The van der Waals surface area contributed by atoms with E-state index in [2.05, 4.69) is 43.4 Å². The van der Waals surface area contributed by atoms with Crippen LogP contribution >= 0.6 is 0 Å². The van der Waals surface area contributed by atoms with Gasteiger partial charge in [-0.2, -0.15) is 0 Å². The van der Waals surface area contributed by atoms with Crippen LogP contribution in [0.1, 0.15) is 55.8 Å². The second kappa shape index (κ2) is 7.42. The minimum absolute atomic E-state index is 0.00935. The maximum atomic E-state index is 13.2. The van der Waals surface area contributed by atoms with Gasteiger partial charge in [-0.15, -0.1) is 0 Å². The van der Waals surface area contributed by atoms with E-state index in [0.29, 0.717) is 17.8 Å². The largest absolute Gasteiger partial charge is 0.343 e. The standard InChI is InChI=1S/C24H28N2O2/c1-15(2)17-9-11-19(12-10-17)22(18-7-5-4-6-8-18)25-24(28)23-21-13-20(21)14-26(23)16(3)27/h4-12,15,20-23H,13-14H2,1-3H3,(H,25,28)/t20-,21?,22-,23-/m0/s1. The summed E-state index contributed by atoms with van der Waals surface area (Å²) in [6.45, 7) is 6.63. The molecule has 4 nitrogen and oxygen atoms in total. The molecular weight excluding hydrogens is 348 g/mol. The monoisotopic (exact) mass is 376 g/mol. The first kappa shape index (κ1) is 18.7. The molecule has 1 saturated carbocycles. The maximum Gasteiger partial charge on any atom is 0.243 e. The van der Waals surface area contributed by atoms with Gasteiger partial charge in [0, 0.05) is 13.5 Å². The molecule has 28 heavy (non-hydrogen) atoms. The zero-order valence-electron chi connectivity index (χ0n) is 16.8. The van der Waals surface area contributed by atoms with Gasteiger partial charge in [0.05, 0.1) is 6.04 Å². The molecular formula is C24H28N2O2. The molecule has 1 aliphatic heterocycles. The Morgan fingerprint density at radius 3 is 2.18 bits per heavy atom. The van der Waals surface area contributed by atoms with Crippen molar-refractivity contribution in [3.63, 3.8) is 0 Å². The van der Waals surface area contributed by atoms with Gasteiger partial charge in [0.2, 0.25) is 11.8 Å². The SMILES string of the molecule is CC(=O)N1C[C@@H]2CC2[C@H]1C(=O)N[C@@H](c1ccccc1)c1ccc(C(C)C)cc1. The molecule has 1 aliphatic carbocycles. The van der Waals surface area contributed by atoms with E-state index in [0.717, 1.165) is 24.1 Å². The summed E-state index contributed by atoms with van der Waals surface area (Å²) in [5, 5.41) is 3.25. The fourth-order valence-electron chi connectivity index (χ4n) is 4.43. The summed E-state index contributed by atoms with van der Waals surface area (Å²) in [6.07, 6.45) is 1.06. The lowest BCUT2D eigenvalue weighted by Gasteiger charge is -2.28. The molecule has 2 amide bonds. The lowest BCUT2D eigenvalue weighted by atomic mass is 9.95. The topological polar surface area (TPSA) is 49.4 Å². The van der Waals surface area contributed by atoms with Crippen molar-refractivity contribution < 1.29 is 9.59 Å². The van der Waals surface area contributed by atoms with Gasteiger partial charge in [-0.25, -0.2) is 0 Å². The van der Waals surface area contributed by atoms with Gasteiger partial charge in [0.1, 0.15) is 6.04 Å². The minimum atomic E-state index is -0.330. The molecule has 4 heteroatoms. The number of nitrogens with zero attached hydrogens (tertiary/aromatic N) is 1. The normalized spacial score (nSPS) is 24.0. The molecule has 0 radical (unpaired) electrons. The van der Waals surface area contributed by atoms with Crippen molar-refractivity contribution in [2.75, 3.05) is 6.54 Å². The first-order chi connectivity index (χ1) is 13.5. The van der Waals surface area contributed by atoms with E-state index in [1.807, 2.05) is 30.3 Å². The molecule has 4 rings (SSSR count). The highest BCUT2D eigenvalue weighted by atomic mass is 16.2. The Labute approximate surface area is 166 Å². The van der Waals surface area contributed by atoms with Crippen LogP contribution in [0.5, 0.6) is 0 Å². The van der Waals surface area contributed by atoms with Crippen LogP contribution in [0, 0.1) is 11.8 Å². The van der Waals surface area contributed by atoms with E-state index >= 15 is 0 Å². The molecule has 1 heterocycles. The van der Waals surface area contributed by atoms with Crippen molar-refractivity contribution in [3.05, 3.63) is 71.3 Å². The fourth-order valence-corrected chi connectivity index (χ4v) is 4.43. The lowest BCUT2D eigenvalue weighted by Crippen LogP contribution is -2.48. The summed E-state index contributed by atoms with van der Waals surface area (Å²) in [5.41, 5.74) is 3.39. The molecule has 4 atom stereocenters. The number of benzene rings is 2. The summed E-state index contributed by atoms with van der Waals surface area (Å²) in [4.78, 5) is 27.0. The Kier molecular flexibility index (Phi) is 4.96. The molecule has 2 fully saturated rings. The summed E-state index contributed by atoms with van der Waals surface area (Å²) in [5.74, 6) is 1.24. The van der Waals surface area contributed by atoms with Gasteiger partial charge in [-0.1, -0.05) is 68.4 Å². The van der Waals surface area contributed by atoms with Gasteiger partial charge in [-0.3, -0.25) is 9.59 Å². The van der Waals surface area contributed by atoms with Crippen LogP contribution in [0.25, 0.3) is 0 Å². The van der Waals surface area contributed by atoms with Crippen molar-refractivity contribution in [3.8, 4) is 0 Å². The van der Waals surface area contributed by atoms with E-state index in [4.69, 9.17) is 0 Å². The van der Waals surface area contributed by atoms with E-state index in [1.165, 1.54) is 5.56 Å². The molecule has 146 valence electrons. The Hall–Kier alpha value is -2.62. The number of hydrogen-bond donors (Lipinski definition) is 1. The quantitative estimate of drug-likeness (QED) is 0.861. The van der Waals surface area contributed by atoms with Crippen LogP contribution < -0.4 is 5.32 Å². The predicted molar refractivity (Wildman–Crippen MR) is 110 cm³/mol. The molecule has 2 aromatic carbocycles. The van der Waals surface area contributed by atoms with Crippen LogP contribution in [0.4, 0.5) is 0 Å². The van der Waals surface area contributed by atoms with Crippen molar-refractivity contribution in [1.82, 2.24) is 10.2 Å². The zero-order valence-corrected chi connectivity index (χ0v) is 16.8. The smallest absolute Gasteiger partial charge is 0.243 e. The highest BCUT2D eigenvalue weighted by Crippen LogP contribution is 2.49. The van der Waals surface area contributed by atoms with Crippen molar-refractivity contribution >= 4 is 11.8 Å². The number of carbonyl (C=O) groups is 2. The van der Waals surface area contributed by atoms with Crippen LogP contribution in [0.15, 0.2) is 54.6 Å². The number of nitrogens with one attached hydrogen (secondary N) is 1. The van der Waals surface area contributed by atoms with Gasteiger partial charge >= 0.3 is 0 Å². The molecule has 1 N–H and O–H groups in total. The Morgan fingerprint density at radius 1 is 0.964 bits per heavy atom. The molecule has 0 spiro atoms. The third-order valence-electron chi connectivity index (χ3n) is 6.18. The third-order valence-corrected chi connectivity index (χ3v) is 6.18. The van der Waals surface area contributed by atoms with E-state index in [1.54, 1.807) is 11.8 Å². The second-order valence-corrected chi connectivity index (χ2v) is 8.45. The summed E-state index contributed by atoms with van der Waals surface area (Å²) in [6, 6.07) is 18.0. The molecule has 1 saturated heterocycles. The van der Waals surface area contributed by atoms with Gasteiger partial charge in [0.25, 0.3) is 0 Å². The number of rotatable bonds is 5. The second-order valence-electron chi connectivity index (χ2n) is 8.45. The Balaban J connectivity index is 1.61. The Bertz CT molecular complexity index is 860. The lowest BCUT2D eigenvalue weighted by molar-refractivity contribution is -0.138. The van der Waals surface area contributed by atoms with Crippen LogP contribution in [0.3, 0.4) is 0 Å². The molecule has 0 aromatic heterocycles. The number of fused-ring (bicyclic) bond motifs is 1. The molecule has 0 bridgehead atoms. The van der Waals surface area contributed by atoms with E-state index in [9.17, 15) is 9.59 Å². The summed E-state index contributed by atoms with van der Waals surface area (Å²) < 4.78 is 0. The average Bonchev–Trinajstić information content (AvgIpc) is 3.36. The highest BCUT2D eigenvalue weighted by molar-refractivity contribution is 5.89. The third kappa shape index (κ3) is 3.56. The van der Waals surface area contributed by atoms with Crippen LogP contribution in [-0.2, 0) is 9.59 Å². The zero-order chi connectivity index (χ0) is 19.8. The number of piperidine rings is 1. The van der Waals surface area contributed by atoms with Gasteiger partial charge in [-0.05, 0) is 40.9 Å². The van der Waals surface area contributed by atoms with Crippen molar-refractivity contribution in [2.24, 2.45) is 11.8 Å². The average molecular weight is 377 g/mol.